The van der Waals surface area contributed by atoms with Crippen LogP contribution in [0.15, 0.2) is 39.9 Å². The van der Waals surface area contributed by atoms with Gasteiger partial charge in [-0.3, -0.25) is 4.72 Å². The molecule has 2 fully saturated rings. The lowest BCUT2D eigenvalue weighted by Crippen LogP contribution is -2.46. The van der Waals surface area contributed by atoms with Crippen molar-refractivity contribution in [1.82, 2.24) is 9.88 Å². The van der Waals surface area contributed by atoms with Crippen LogP contribution in [0.5, 0.6) is 0 Å². The van der Waals surface area contributed by atoms with Gasteiger partial charge in [0.15, 0.2) is 0 Å². The largest absolute Gasteiger partial charge is 0.300 e. The molecule has 3 heterocycles. The number of piperidine rings is 1. The second-order valence-electron chi connectivity index (χ2n) is 7.69. The van der Waals surface area contributed by atoms with E-state index in [2.05, 4.69) is 9.62 Å². The molecule has 3 aromatic rings. The second-order valence-corrected chi connectivity index (χ2v) is 11.6. The number of hydrogen-bond acceptors (Lipinski definition) is 6. The van der Waals surface area contributed by atoms with Crippen molar-refractivity contribution in [2.24, 2.45) is 0 Å². The zero-order chi connectivity index (χ0) is 19.1. The standard InChI is InChI=1S/C20H23N3O2S3/c24-28(25,19-5-4-10-26-19)22-15-6-7-17-18(13-15)27-20(21-17)14-11-16(12-14)23-8-2-1-3-9-23/h4-7,10,13-14,16,22H,1-3,8-9,11-12H2. The van der Waals surface area contributed by atoms with Crippen molar-refractivity contribution in [2.45, 2.75) is 48.3 Å². The maximum Gasteiger partial charge on any atom is 0.271 e. The lowest BCUT2D eigenvalue weighted by molar-refractivity contribution is 0.0888. The Morgan fingerprint density at radius 2 is 1.93 bits per heavy atom. The van der Waals surface area contributed by atoms with E-state index in [1.807, 2.05) is 12.1 Å². The number of rotatable bonds is 5. The SMILES string of the molecule is O=S(=O)(Nc1ccc2nc(C3CC(N4CCCCC4)C3)sc2c1)c1cccs1. The van der Waals surface area contributed by atoms with Crippen molar-refractivity contribution in [3.05, 3.63) is 40.7 Å². The van der Waals surface area contributed by atoms with E-state index in [1.165, 1.54) is 61.5 Å². The molecular formula is C20H23N3O2S3. The molecule has 0 atom stereocenters. The highest BCUT2D eigenvalue weighted by atomic mass is 32.2. The van der Waals surface area contributed by atoms with Crippen molar-refractivity contribution in [3.8, 4) is 0 Å². The lowest BCUT2D eigenvalue weighted by Gasteiger charge is -2.43. The minimum absolute atomic E-state index is 0.329. The van der Waals surface area contributed by atoms with Gasteiger partial charge in [-0.25, -0.2) is 13.4 Å². The number of thiazole rings is 1. The highest BCUT2D eigenvalue weighted by Crippen LogP contribution is 2.43. The van der Waals surface area contributed by atoms with Crippen molar-refractivity contribution in [1.29, 1.82) is 0 Å². The minimum Gasteiger partial charge on any atom is -0.300 e. The molecule has 148 valence electrons. The smallest absolute Gasteiger partial charge is 0.271 e. The van der Waals surface area contributed by atoms with Crippen molar-refractivity contribution >= 4 is 48.6 Å². The Labute approximate surface area is 173 Å². The summed E-state index contributed by atoms with van der Waals surface area (Å²) in [4.78, 5) is 7.48. The molecule has 1 saturated heterocycles. The van der Waals surface area contributed by atoms with Gasteiger partial charge in [-0.15, -0.1) is 22.7 Å². The van der Waals surface area contributed by atoms with Gasteiger partial charge in [0.05, 0.1) is 20.9 Å². The third-order valence-corrected chi connectivity index (χ3v) is 9.75. The van der Waals surface area contributed by atoms with Crippen molar-refractivity contribution < 1.29 is 8.42 Å². The number of nitrogens with one attached hydrogen (secondary N) is 1. The predicted octanol–water partition coefficient (Wildman–Crippen LogP) is 4.89. The number of thiophene rings is 1. The maximum absolute atomic E-state index is 12.4. The lowest BCUT2D eigenvalue weighted by atomic mass is 9.79. The van der Waals surface area contributed by atoms with Gasteiger partial charge in [-0.2, -0.15) is 0 Å². The first kappa shape index (κ1) is 18.5. The highest BCUT2D eigenvalue weighted by molar-refractivity contribution is 7.94. The van der Waals surface area contributed by atoms with Crippen LogP contribution in [0.1, 0.15) is 43.0 Å². The molecular weight excluding hydrogens is 410 g/mol. The summed E-state index contributed by atoms with van der Waals surface area (Å²) < 4.78 is 28.9. The number of likely N-dealkylation sites (tertiary alicyclic amines) is 1. The minimum atomic E-state index is -3.51. The van der Waals surface area contributed by atoms with Gasteiger partial charge in [0.1, 0.15) is 4.21 Å². The fourth-order valence-electron chi connectivity index (χ4n) is 4.17. The van der Waals surface area contributed by atoms with Crippen molar-refractivity contribution in [3.63, 3.8) is 0 Å². The Hall–Kier alpha value is -1.48. The number of anilines is 1. The molecule has 0 unspecified atom stereocenters. The molecule has 0 amide bonds. The van der Waals surface area contributed by atoms with E-state index in [0.717, 1.165) is 16.3 Å². The van der Waals surface area contributed by atoms with E-state index in [9.17, 15) is 8.42 Å². The van der Waals surface area contributed by atoms with E-state index < -0.39 is 10.0 Å². The zero-order valence-corrected chi connectivity index (χ0v) is 18.0. The monoisotopic (exact) mass is 433 g/mol. The average Bonchev–Trinajstić information content (AvgIpc) is 3.31. The van der Waals surface area contributed by atoms with E-state index in [4.69, 9.17) is 4.98 Å². The van der Waals surface area contributed by atoms with Crippen molar-refractivity contribution in [2.75, 3.05) is 17.8 Å². The van der Waals surface area contributed by atoms with Gasteiger partial charge in [-0.1, -0.05) is 12.5 Å². The number of benzene rings is 1. The fourth-order valence-corrected chi connectivity index (χ4v) is 7.35. The van der Waals surface area contributed by atoms with Crippen LogP contribution in [-0.2, 0) is 10.0 Å². The number of sulfonamides is 1. The molecule has 8 heteroatoms. The number of fused-ring (bicyclic) bond motifs is 1. The fraction of sp³-hybridized carbons (Fsp3) is 0.450. The average molecular weight is 434 g/mol. The van der Waals surface area contributed by atoms with E-state index in [0.29, 0.717) is 15.8 Å². The Morgan fingerprint density at radius 3 is 2.68 bits per heavy atom. The van der Waals surface area contributed by atoms with Crippen LogP contribution in [0.4, 0.5) is 5.69 Å². The first-order valence-corrected chi connectivity index (χ1v) is 13.0. The summed E-state index contributed by atoms with van der Waals surface area (Å²) in [5.74, 6) is 0.551. The third-order valence-electron chi connectivity index (χ3n) is 5.79. The molecule has 1 aromatic carbocycles. The first-order valence-electron chi connectivity index (χ1n) is 9.79. The van der Waals surface area contributed by atoms with E-state index in [-0.39, 0.29) is 0 Å². The van der Waals surface area contributed by atoms with E-state index >= 15 is 0 Å². The van der Waals surface area contributed by atoms with Crippen LogP contribution in [0.2, 0.25) is 0 Å². The predicted molar refractivity (Wildman–Crippen MR) is 116 cm³/mol. The molecule has 0 bridgehead atoms. The Kier molecular flexibility index (Phi) is 4.90. The van der Waals surface area contributed by atoms with Gasteiger partial charge >= 0.3 is 0 Å². The molecule has 0 spiro atoms. The molecule has 2 aliphatic rings. The topological polar surface area (TPSA) is 62.3 Å². The van der Waals surface area contributed by atoms with E-state index in [1.54, 1.807) is 34.9 Å². The van der Waals surface area contributed by atoms with Gasteiger partial charge < -0.3 is 4.90 Å². The molecule has 5 rings (SSSR count). The molecule has 1 N–H and O–H groups in total. The summed E-state index contributed by atoms with van der Waals surface area (Å²) in [5, 5.41) is 2.96. The van der Waals surface area contributed by atoms with Crippen LogP contribution >= 0.6 is 22.7 Å². The summed E-state index contributed by atoms with van der Waals surface area (Å²) in [6, 6.07) is 9.71. The van der Waals surface area contributed by atoms with Crippen LogP contribution in [0.3, 0.4) is 0 Å². The quantitative estimate of drug-likeness (QED) is 0.622. The van der Waals surface area contributed by atoms with Crippen LogP contribution in [-0.4, -0.2) is 37.4 Å². The summed E-state index contributed by atoms with van der Waals surface area (Å²) in [6.45, 7) is 2.51. The Balaban J connectivity index is 1.29. The van der Waals surface area contributed by atoms with Crippen LogP contribution in [0.25, 0.3) is 10.2 Å². The molecule has 1 saturated carbocycles. The Bertz CT molecular complexity index is 1060. The summed E-state index contributed by atoms with van der Waals surface area (Å²) in [6.07, 6.45) is 6.47. The molecule has 1 aliphatic heterocycles. The number of aromatic nitrogens is 1. The summed E-state index contributed by atoms with van der Waals surface area (Å²) >= 11 is 2.92. The van der Waals surface area contributed by atoms with Gasteiger partial charge in [0, 0.05) is 12.0 Å². The molecule has 28 heavy (non-hydrogen) atoms. The number of hydrogen-bond donors (Lipinski definition) is 1. The summed E-state index contributed by atoms with van der Waals surface area (Å²) in [5.41, 5.74) is 1.55. The first-order chi connectivity index (χ1) is 13.6. The zero-order valence-electron chi connectivity index (χ0n) is 15.5. The normalized spacial score (nSPS) is 23.6. The molecule has 5 nitrogen and oxygen atoms in total. The van der Waals surface area contributed by atoms with Crippen LogP contribution < -0.4 is 4.72 Å². The number of nitrogens with zero attached hydrogens (tertiary/aromatic N) is 2. The van der Waals surface area contributed by atoms with Gasteiger partial charge in [0.25, 0.3) is 10.0 Å². The van der Waals surface area contributed by atoms with Gasteiger partial charge in [0.2, 0.25) is 0 Å². The second kappa shape index (κ2) is 7.40. The third kappa shape index (κ3) is 3.58. The molecule has 2 aromatic heterocycles. The van der Waals surface area contributed by atoms with Crippen LogP contribution in [0, 0.1) is 0 Å². The molecule has 1 aliphatic carbocycles. The molecule has 0 radical (unpaired) electrons. The maximum atomic E-state index is 12.4. The van der Waals surface area contributed by atoms with Gasteiger partial charge in [-0.05, 0) is 68.4 Å². The highest BCUT2D eigenvalue weighted by Gasteiger charge is 2.36. The Morgan fingerprint density at radius 1 is 1.11 bits per heavy atom. The summed E-state index contributed by atoms with van der Waals surface area (Å²) in [7, 11) is -3.51.